The summed E-state index contributed by atoms with van der Waals surface area (Å²) in [6.45, 7) is 4.87. The standard InChI is InChI=1S/C17H25ClN2O3/c1-3-23-14-7-10-20(11-8-14)17(21)6-9-19-15-12-13(18)4-5-16(15)22-2/h4-5,12,14,19H,3,6-11H2,1-2H3. The van der Waals surface area contributed by atoms with Crippen LogP contribution in [0.15, 0.2) is 18.2 Å². The van der Waals surface area contributed by atoms with Crippen LogP contribution in [0.25, 0.3) is 0 Å². The second-order valence-electron chi connectivity index (χ2n) is 5.56. The normalized spacial score (nSPS) is 15.5. The number of ether oxygens (including phenoxy) is 2. The lowest BCUT2D eigenvalue weighted by Crippen LogP contribution is -2.41. The average Bonchev–Trinajstić information content (AvgIpc) is 2.56. The van der Waals surface area contributed by atoms with Crippen molar-refractivity contribution in [3.63, 3.8) is 0 Å². The van der Waals surface area contributed by atoms with Crippen LogP contribution in [0.2, 0.25) is 5.02 Å². The van der Waals surface area contributed by atoms with E-state index in [1.807, 2.05) is 17.9 Å². The lowest BCUT2D eigenvalue weighted by Gasteiger charge is -2.31. The minimum atomic E-state index is 0.174. The highest BCUT2D eigenvalue weighted by Gasteiger charge is 2.22. The molecule has 0 radical (unpaired) electrons. The number of benzene rings is 1. The number of nitrogens with zero attached hydrogens (tertiary/aromatic N) is 1. The van der Waals surface area contributed by atoms with Gasteiger partial charge in [-0.3, -0.25) is 4.79 Å². The molecule has 1 aromatic rings. The van der Waals surface area contributed by atoms with E-state index in [2.05, 4.69) is 5.32 Å². The predicted octanol–water partition coefficient (Wildman–Crippen LogP) is 3.18. The number of piperidine rings is 1. The van der Waals surface area contributed by atoms with Crippen molar-refractivity contribution in [1.82, 2.24) is 4.90 Å². The lowest BCUT2D eigenvalue weighted by molar-refractivity contribution is -0.133. The molecule has 1 amide bonds. The summed E-state index contributed by atoms with van der Waals surface area (Å²) >= 11 is 5.99. The molecule has 1 heterocycles. The Morgan fingerprint density at radius 1 is 1.39 bits per heavy atom. The molecular weight excluding hydrogens is 316 g/mol. The maximum atomic E-state index is 12.3. The molecule has 1 aromatic carbocycles. The molecule has 0 bridgehead atoms. The van der Waals surface area contributed by atoms with Gasteiger partial charge in [0.05, 0.1) is 18.9 Å². The molecule has 6 heteroatoms. The fourth-order valence-corrected chi connectivity index (χ4v) is 2.96. The van der Waals surface area contributed by atoms with Crippen molar-refractivity contribution >= 4 is 23.2 Å². The topological polar surface area (TPSA) is 50.8 Å². The number of amides is 1. The molecule has 1 fully saturated rings. The molecule has 0 aliphatic carbocycles. The third-order valence-electron chi connectivity index (χ3n) is 4.01. The zero-order valence-electron chi connectivity index (χ0n) is 13.8. The Morgan fingerprint density at radius 2 is 2.13 bits per heavy atom. The quantitative estimate of drug-likeness (QED) is 0.828. The molecule has 1 saturated heterocycles. The first-order valence-corrected chi connectivity index (χ1v) is 8.48. The SMILES string of the molecule is CCOC1CCN(C(=O)CCNc2cc(Cl)ccc2OC)CC1. The summed E-state index contributed by atoms with van der Waals surface area (Å²) in [6.07, 6.45) is 2.61. The molecule has 23 heavy (non-hydrogen) atoms. The first-order valence-electron chi connectivity index (χ1n) is 8.10. The van der Waals surface area contributed by atoms with Crippen LogP contribution < -0.4 is 10.1 Å². The third kappa shape index (κ3) is 5.29. The maximum absolute atomic E-state index is 12.3. The van der Waals surface area contributed by atoms with Crippen LogP contribution in [-0.2, 0) is 9.53 Å². The second kappa shape index (κ2) is 8.99. The molecule has 2 rings (SSSR count). The molecule has 0 unspecified atom stereocenters. The molecule has 0 atom stereocenters. The number of anilines is 1. The fraction of sp³-hybridized carbons (Fsp3) is 0.588. The number of hydrogen-bond donors (Lipinski definition) is 1. The van der Waals surface area contributed by atoms with Gasteiger partial charge in [0.1, 0.15) is 5.75 Å². The smallest absolute Gasteiger partial charge is 0.224 e. The number of likely N-dealkylation sites (tertiary alicyclic amines) is 1. The van der Waals surface area contributed by atoms with Crippen molar-refractivity contribution < 1.29 is 14.3 Å². The fourth-order valence-electron chi connectivity index (χ4n) is 2.79. The summed E-state index contributed by atoms with van der Waals surface area (Å²) in [5, 5.41) is 3.86. The number of hydrogen-bond acceptors (Lipinski definition) is 4. The molecule has 1 N–H and O–H groups in total. The zero-order chi connectivity index (χ0) is 16.7. The highest BCUT2D eigenvalue weighted by Crippen LogP contribution is 2.27. The van der Waals surface area contributed by atoms with Crippen LogP contribution in [0.4, 0.5) is 5.69 Å². The molecule has 5 nitrogen and oxygen atoms in total. The van der Waals surface area contributed by atoms with Gasteiger partial charge in [-0.15, -0.1) is 0 Å². The minimum absolute atomic E-state index is 0.174. The van der Waals surface area contributed by atoms with E-state index in [1.54, 1.807) is 19.2 Å². The Morgan fingerprint density at radius 3 is 2.78 bits per heavy atom. The Balaban J connectivity index is 1.76. The first kappa shape index (κ1) is 17.9. The van der Waals surface area contributed by atoms with Gasteiger partial charge in [0.2, 0.25) is 5.91 Å². The van der Waals surface area contributed by atoms with E-state index in [9.17, 15) is 4.79 Å². The van der Waals surface area contributed by atoms with E-state index in [4.69, 9.17) is 21.1 Å². The maximum Gasteiger partial charge on any atom is 0.224 e. The van der Waals surface area contributed by atoms with E-state index in [1.165, 1.54) is 0 Å². The van der Waals surface area contributed by atoms with Gasteiger partial charge >= 0.3 is 0 Å². The number of halogens is 1. The van der Waals surface area contributed by atoms with Crippen molar-refractivity contribution in [3.05, 3.63) is 23.2 Å². The van der Waals surface area contributed by atoms with E-state index in [0.717, 1.165) is 44.0 Å². The first-order chi connectivity index (χ1) is 11.1. The van der Waals surface area contributed by atoms with E-state index < -0.39 is 0 Å². The van der Waals surface area contributed by atoms with Gasteiger partial charge in [-0.2, -0.15) is 0 Å². The summed E-state index contributed by atoms with van der Waals surface area (Å²) in [7, 11) is 1.61. The monoisotopic (exact) mass is 340 g/mol. The number of carbonyl (C=O) groups is 1. The van der Waals surface area contributed by atoms with Crippen LogP contribution in [0, 0.1) is 0 Å². The molecule has 0 saturated carbocycles. The van der Waals surface area contributed by atoms with E-state index in [-0.39, 0.29) is 5.91 Å². The van der Waals surface area contributed by atoms with Crippen LogP contribution in [0.5, 0.6) is 5.75 Å². The zero-order valence-corrected chi connectivity index (χ0v) is 14.6. The summed E-state index contributed by atoms with van der Waals surface area (Å²) < 4.78 is 10.9. The summed E-state index contributed by atoms with van der Waals surface area (Å²) in [5.74, 6) is 0.896. The largest absolute Gasteiger partial charge is 0.495 e. The number of methoxy groups -OCH3 is 1. The summed E-state index contributed by atoms with van der Waals surface area (Å²) in [6, 6.07) is 5.39. The van der Waals surface area contributed by atoms with Gasteiger partial charge in [-0.1, -0.05) is 11.6 Å². The van der Waals surface area contributed by atoms with Crippen molar-refractivity contribution in [1.29, 1.82) is 0 Å². The Labute approximate surface area is 142 Å². The highest BCUT2D eigenvalue weighted by molar-refractivity contribution is 6.30. The summed E-state index contributed by atoms with van der Waals surface area (Å²) in [5.41, 5.74) is 0.808. The van der Waals surface area contributed by atoms with E-state index in [0.29, 0.717) is 24.1 Å². The summed E-state index contributed by atoms with van der Waals surface area (Å²) in [4.78, 5) is 14.2. The second-order valence-corrected chi connectivity index (χ2v) is 5.99. The van der Waals surface area contributed by atoms with Gasteiger partial charge in [-0.25, -0.2) is 0 Å². The van der Waals surface area contributed by atoms with Gasteiger partial charge in [0.25, 0.3) is 0 Å². The van der Waals surface area contributed by atoms with Gasteiger partial charge < -0.3 is 19.7 Å². The Kier molecular flexibility index (Phi) is 6.99. The predicted molar refractivity (Wildman–Crippen MR) is 92.3 cm³/mol. The van der Waals surface area contributed by atoms with Crippen molar-refractivity contribution in [2.24, 2.45) is 0 Å². The number of rotatable bonds is 7. The Hall–Kier alpha value is -1.46. The average molecular weight is 341 g/mol. The van der Waals surface area contributed by atoms with Crippen LogP contribution >= 0.6 is 11.6 Å². The molecule has 0 spiro atoms. The van der Waals surface area contributed by atoms with Crippen molar-refractivity contribution in [2.75, 3.05) is 38.7 Å². The van der Waals surface area contributed by atoms with Gasteiger partial charge in [-0.05, 0) is 38.0 Å². The van der Waals surface area contributed by atoms with Crippen molar-refractivity contribution in [3.8, 4) is 5.75 Å². The van der Waals surface area contributed by atoms with Gasteiger partial charge in [0.15, 0.2) is 0 Å². The minimum Gasteiger partial charge on any atom is -0.495 e. The Bertz CT molecular complexity index is 517. The van der Waals surface area contributed by atoms with E-state index >= 15 is 0 Å². The lowest BCUT2D eigenvalue weighted by atomic mass is 10.1. The third-order valence-corrected chi connectivity index (χ3v) is 4.25. The molecule has 1 aliphatic rings. The molecular formula is C17H25ClN2O3. The molecule has 1 aliphatic heterocycles. The highest BCUT2D eigenvalue weighted by atomic mass is 35.5. The van der Waals surface area contributed by atoms with Crippen LogP contribution in [-0.4, -0.2) is 50.3 Å². The van der Waals surface area contributed by atoms with Crippen molar-refractivity contribution in [2.45, 2.75) is 32.3 Å². The molecule has 128 valence electrons. The van der Waals surface area contributed by atoms with Crippen LogP contribution in [0.1, 0.15) is 26.2 Å². The van der Waals surface area contributed by atoms with Crippen LogP contribution in [0.3, 0.4) is 0 Å². The number of nitrogens with one attached hydrogen (secondary N) is 1. The molecule has 0 aromatic heterocycles. The van der Waals surface area contributed by atoms with Gasteiger partial charge in [0, 0.05) is 37.7 Å². The number of carbonyl (C=O) groups excluding carboxylic acids is 1.